The molecule has 0 aliphatic heterocycles. The van der Waals surface area contributed by atoms with Crippen LogP contribution in [0, 0.1) is 11.8 Å². The van der Waals surface area contributed by atoms with Gasteiger partial charge in [-0.3, -0.25) is 9.59 Å². The van der Waals surface area contributed by atoms with E-state index in [1.54, 1.807) is 0 Å². The molecule has 1 aliphatic rings. The van der Waals surface area contributed by atoms with Gasteiger partial charge in [0.05, 0.1) is 7.11 Å². The van der Waals surface area contributed by atoms with E-state index in [2.05, 4.69) is 16.9 Å². The standard InChI is InChI=1S/C12H18O4/c1-16-12(15)8-10(7-11(13)14)9-5-3-2-4-6-9/h2-3,9-10H,4-8H2,1H3,(H,13,14). The highest BCUT2D eigenvalue weighted by molar-refractivity contribution is 5.72. The Morgan fingerprint density at radius 3 is 2.69 bits per heavy atom. The zero-order valence-corrected chi connectivity index (χ0v) is 9.52. The average Bonchev–Trinajstić information content (AvgIpc) is 2.28. The molecular weight excluding hydrogens is 208 g/mol. The molecule has 2 unspecified atom stereocenters. The van der Waals surface area contributed by atoms with Crippen molar-refractivity contribution in [3.05, 3.63) is 12.2 Å². The predicted molar refractivity (Wildman–Crippen MR) is 58.9 cm³/mol. The van der Waals surface area contributed by atoms with Gasteiger partial charge in [-0.2, -0.15) is 0 Å². The Balaban J connectivity index is 2.58. The molecule has 0 aromatic heterocycles. The molecule has 0 heterocycles. The van der Waals surface area contributed by atoms with Crippen LogP contribution in [-0.4, -0.2) is 24.2 Å². The normalized spacial score (nSPS) is 21.4. The number of hydrogen-bond acceptors (Lipinski definition) is 3. The SMILES string of the molecule is COC(=O)CC(CC(=O)O)C1CC=CCC1. The molecule has 4 heteroatoms. The fraction of sp³-hybridized carbons (Fsp3) is 0.667. The van der Waals surface area contributed by atoms with E-state index in [9.17, 15) is 9.59 Å². The molecule has 0 saturated carbocycles. The van der Waals surface area contributed by atoms with E-state index in [0.29, 0.717) is 5.92 Å². The number of carboxylic acid groups (broad SMARTS) is 1. The Labute approximate surface area is 95.3 Å². The maximum Gasteiger partial charge on any atom is 0.305 e. The number of ether oxygens (including phenoxy) is 1. The highest BCUT2D eigenvalue weighted by Crippen LogP contribution is 2.30. The summed E-state index contributed by atoms with van der Waals surface area (Å²) in [7, 11) is 1.33. The van der Waals surface area contributed by atoms with Crippen molar-refractivity contribution >= 4 is 11.9 Å². The van der Waals surface area contributed by atoms with Crippen molar-refractivity contribution in [2.24, 2.45) is 11.8 Å². The summed E-state index contributed by atoms with van der Waals surface area (Å²) in [5.41, 5.74) is 0. The topological polar surface area (TPSA) is 63.6 Å². The molecule has 0 amide bonds. The van der Waals surface area contributed by atoms with Gasteiger partial charge in [-0.15, -0.1) is 0 Å². The van der Waals surface area contributed by atoms with E-state index in [1.807, 2.05) is 0 Å². The fourth-order valence-corrected chi connectivity index (χ4v) is 2.17. The number of methoxy groups -OCH3 is 1. The van der Waals surface area contributed by atoms with Gasteiger partial charge in [-0.05, 0) is 31.1 Å². The summed E-state index contributed by atoms with van der Waals surface area (Å²) < 4.78 is 4.60. The van der Waals surface area contributed by atoms with Crippen LogP contribution in [0.15, 0.2) is 12.2 Å². The first kappa shape index (κ1) is 12.7. The van der Waals surface area contributed by atoms with Crippen molar-refractivity contribution in [1.29, 1.82) is 0 Å². The maximum atomic E-state index is 11.2. The van der Waals surface area contributed by atoms with Crippen molar-refractivity contribution in [3.63, 3.8) is 0 Å². The van der Waals surface area contributed by atoms with E-state index < -0.39 is 5.97 Å². The molecule has 0 bridgehead atoms. The number of carbonyl (C=O) groups excluding carboxylic acids is 1. The van der Waals surface area contributed by atoms with Crippen molar-refractivity contribution in [3.8, 4) is 0 Å². The highest BCUT2D eigenvalue weighted by Gasteiger charge is 2.26. The minimum atomic E-state index is -0.844. The number of carbonyl (C=O) groups is 2. The molecular formula is C12H18O4. The minimum Gasteiger partial charge on any atom is -0.481 e. The first-order valence-corrected chi connectivity index (χ1v) is 5.57. The number of rotatable bonds is 5. The Morgan fingerprint density at radius 2 is 2.19 bits per heavy atom. The van der Waals surface area contributed by atoms with Crippen LogP contribution in [-0.2, 0) is 14.3 Å². The molecule has 2 atom stereocenters. The van der Waals surface area contributed by atoms with Gasteiger partial charge < -0.3 is 9.84 Å². The van der Waals surface area contributed by atoms with Crippen LogP contribution in [0.2, 0.25) is 0 Å². The zero-order valence-electron chi connectivity index (χ0n) is 9.52. The maximum absolute atomic E-state index is 11.2. The van der Waals surface area contributed by atoms with Gasteiger partial charge >= 0.3 is 11.9 Å². The summed E-state index contributed by atoms with van der Waals surface area (Å²) >= 11 is 0. The zero-order chi connectivity index (χ0) is 12.0. The molecule has 0 saturated heterocycles. The van der Waals surface area contributed by atoms with Crippen LogP contribution in [0.25, 0.3) is 0 Å². The molecule has 1 rings (SSSR count). The lowest BCUT2D eigenvalue weighted by atomic mass is 9.79. The van der Waals surface area contributed by atoms with E-state index in [-0.39, 0.29) is 24.7 Å². The molecule has 0 aromatic rings. The number of hydrogen-bond donors (Lipinski definition) is 1. The van der Waals surface area contributed by atoms with E-state index >= 15 is 0 Å². The first-order valence-electron chi connectivity index (χ1n) is 5.57. The van der Waals surface area contributed by atoms with Gasteiger partial charge in [0.15, 0.2) is 0 Å². The monoisotopic (exact) mass is 226 g/mol. The molecule has 1 N–H and O–H groups in total. The molecule has 1 aliphatic carbocycles. The summed E-state index contributed by atoms with van der Waals surface area (Å²) in [6, 6.07) is 0. The second kappa shape index (κ2) is 6.30. The lowest BCUT2D eigenvalue weighted by molar-refractivity contribution is -0.143. The van der Waals surface area contributed by atoms with Crippen LogP contribution in [0.5, 0.6) is 0 Å². The summed E-state index contributed by atoms with van der Waals surface area (Å²) in [5.74, 6) is -0.973. The largest absolute Gasteiger partial charge is 0.481 e. The molecule has 4 nitrogen and oxygen atoms in total. The van der Waals surface area contributed by atoms with Crippen LogP contribution >= 0.6 is 0 Å². The summed E-state index contributed by atoms with van der Waals surface area (Å²) in [4.78, 5) is 22.0. The first-order chi connectivity index (χ1) is 7.63. The quantitative estimate of drug-likeness (QED) is 0.575. The number of allylic oxidation sites excluding steroid dienone is 2. The van der Waals surface area contributed by atoms with Crippen LogP contribution in [0.3, 0.4) is 0 Å². The van der Waals surface area contributed by atoms with Crippen molar-refractivity contribution in [2.75, 3.05) is 7.11 Å². The Kier molecular flexibility index (Phi) is 5.02. The van der Waals surface area contributed by atoms with Gasteiger partial charge in [-0.25, -0.2) is 0 Å². The number of carboxylic acids is 1. The second-order valence-corrected chi connectivity index (χ2v) is 4.18. The van der Waals surface area contributed by atoms with Crippen molar-refractivity contribution in [2.45, 2.75) is 32.1 Å². The third-order valence-corrected chi connectivity index (χ3v) is 3.07. The average molecular weight is 226 g/mol. The lowest BCUT2D eigenvalue weighted by Gasteiger charge is -2.26. The smallest absolute Gasteiger partial charge is 0.305 e. The Hall–Kier alpha value is -1.32. The van der Waals surface area contributed by atoms with Gasteiger partial charge in [0.25, 0.3) is 0 Å². The van der Waals surface area contributed by atoms with E-state index in [4.69, 9.17) is 5.11 Å². The highest BCUT2D eigenvalue weighted by atomic mass is 16.5. The minimum absolute atomic E-state index is 0.0492. The summed E-state index contributed by atoms with van der Waals surface area (Å²) in [6.45, 7) is 0. The third-order valence-electron chi connectivity index (χ3n) is 3.07. The molecule has 0 aromatic carbocycles. The van der Waals surface area contributed by atoms with Crippen molar-refractivity contribution in [1.82, 2.24) is 0 Å². The van der Waals surface area contributed by atoms with Gasteiger partial charge in [-0.1, -0.05) is 12.2 Å². The van der Waals surface area contributed by atoms with E-state index in [0.717, 1.165) is 19.3 Å². The Morgan fingerprint density at radius 1 is 1.44 bits per heavy atom. The van der Waals surface area contributed by atoms with Crippen LogP contribution in [0.4, 0.5) is 0 Å². The molecule has 16 heavy (non-hydrogen) atoms. The van der Waals surface area contributed by atoms with E-state index in [1.165, 1.54) is 7.11 Å². The summed E-state index contributed by atoms with van der Waals surface area (Å²) in [5, 5.41) is 8.83. The van der Waals surface area contributed by atoms with Crippen LogP contribution in [0.1, 0.15) is 32.1 Å². The van der Waals surface area contributed by atoms with Gasteiger partial charge in [0.1, 0.15) is 0 Å². The number of esters is 1. The van der Waals surface area contributed by atoms with Crippen molar-refractivity contribution < 1.29 is 19.4 Å². The molecule has 0 spiro atoms. The predicted octanol–water partition coefficient (Wildman–Crippen LogP) is 2.00. The molecule has 0 radical (unpaired) electrons. The molecule has 0 fully saturated rings. The van der Waals surface area contributed by atoms with Crippen LogP contribution < -0.4 is 0 Å². The third kappa shape index (κ3) is 4.04. The fourth-order valence-electron chi connectivity index (χ4n) is 2.17. The van der Waals surface area contributed by atoms with Gasteiger partial charge in [0, 0.05) is 12.8 Å². The summed E-state index contributed by atoms with van der Waals surface area (Å²) in [6.07, 6.45) is 7.24. The molecule has 90 valence electrons. The lowest BCUT2D eigenvalue weighted by Crippen LogP contribution is -2.23. The number of aliphatic carboxylic acids is 1. The Bertz CT molecular complexity index is 283. The second-order valence-electron chi connectivity index (χ2n) is 4.18. The van der Waals surface area contributed by atoms with Gasteiger partial charge in [0.2, 0.25) is 0 Å².